The summed E-state index contributed by atoms with van der Waals surface area (Å²) in [6.07, 6.45) is 0. The summed E-state index contributed by atoms with van der Waals surface area (Å²) in [5, 5.41) is 12.7. The topological polar surface area (TPSA) is 122 Å². The van der Waals surface area contributed by atoms with Crippen molar-refractivity contribution in [3.63, 3.8) is 0 Å². The molecule has 1 aliphatic heterocycles. The Labute approximate surface area is 175 Å². The van der Waals surface area contributed by atoms with Crippen molar-refractivity contribution in [2.45, 2.75) is 31.1 Å². The summed E-state index contributed by atoms with van der Waals surface area (Å²) >= 11 is -1.88. The standard InChI is InChI=1S/C19H20AsFN4O5/c1-20(2)16(27)19(30)24-7-8-25-13(10-24)23-14(15(26)18(25)29)17(28)22-9-11-3-5-12(21)6-4-11/h3-6,26H,7-10H2,1-2H3,(H,22,28). The third-order valence-corrected chi connectivity index (χ3v) is 6.71. The predicted octanol–water partition coefficient (Wildman–Crippen LogP) is 0.223. The van der Waals surface area contributed by atoms with Crippen LogP contribution < -0.4 is 10.9 Å². The quantitative estimate of drug-likeness (QED) is 0.469. The average Bonchev–Trinajstić information content (AvgIpc) is 2.74. The van der Waals surface area contributed by atoms with Gasteiger partial charge in [-0.15, -0.1) is 0 Å². The number of amides is 2. The van der Waals surface area contributed by atoms with E-state index >= 15 is 0 Å². The monoisotopic (exact) mass is 478 g/mol. The molecule has 1 aromatic heterocycles. The van der Waals surface area contributed by atoms with Crippen LogP contribution >= 0.6 is 0 Å². The number of nitrogens with zero attached hydrogens (tertiary/aromatic N) is 3. The fourth-order valence-corrected chi connectivity index (χ4v) is 4.04. The van der Waals surface area contributed by atoms with Crippen LogP contribution in [0.1, 0.15) is 21.9 Å². The van der Waals surface area contributed by atoms with Gasteiger partial charge in [0.05, 0.1) is 0 Å². The molecule has 2 N–H and O–H groups in total. The molecule has 0 atom stereocenters. The number of rotatable bonds is 5. The summed E-state index contributed by atoms with van der Waals surface area (Å²) in [4.78, 5) is 54.7. The van der Waals surface area contributed by atoms with Crippen molar-refractivity contribution in [3.05, 3.63) is 57.5 Å². The van der Waals surface area contributed by atoms with Crippen molar-refractivity contribution >= 4 is 31.0 Å². The Morgan fingerprint density at radius 1 is 1.20 bits per heavy atom. The zero-order valence-corrected chi connectivity index (χ0v) is 18.3. The second-order valence-corrected chi connectivity index (χ2v) is 11.5. The Hall–Kier alpha value is -3.00. The van der Waals surface area contributed by atoms with Crippen LogP contribution in [-0.2, 0) is 29.2 Å². The molecule has 0 spiro atoms. The van der Waals surface area contributed by atoms with Gasteiger partial charge in [0.1, 0.15) is 5.82 Å². The minimum absolute atomic E-state index is 0.0387. The summed E-state index contributed by atoms with van der Waals surface area (Å²) in [7, 11) is 0. The first kappa shape index (κ1) is 21.7. The summed E-state index contributed by atoms with van der Waals surface area (Å²) in [6, 6.07) is 5.47. The van der Waals surface area contributed by atoms with E-state index in [2.05, 4.69) is 10.3 Å². The fraction of sp³-hybridized carbons (Fsp3) is 0.316. The SMILES string of the molecule is C[As](C)C(=O)C(=O)N1CCn2c(nc(C(=O)NCc3ccc(F)cc3)c(O)c2=O)C1. The number of hydrogen-bond donors (Lipinski definition) is 2. The summed E-state index contributed by atoms with van der Waals surface area (Å²) in [5.41, 5.74) is 2.88. The van der Waals surface area contributed by atoms with Gasteiger partial charge in [0.2, 0.25) is 0 Å². The third-order valence-electron chi connectivity index (χ3n) is 4.61. The van der Waals surface area contributed by atoms with Gasteiger partial charge in [0.25, 0.3) is 0 Å². The minimum atomic E-state index is -1.88. The van der Waals surface area contributed by atoms with E-state index in [1.807, 2.05) is 0 Å². The van der Waals surface area contributed by atoms with E-state index in [0.717, 1.165) is 0 Å². The molecule has 0 bridgehead atoms. The molecule has 158 valence electrons. The molecule has 1 aromatic carbocycles. The van der Waals surface area contributed by atoms with E-state index in [4.69, 9.17) is 0 Å². The molecule has 0 radical (unpaired) electrons. The molecule has 2 amide bonds. The van der Waals surface area contributed by atoms with Gasteiger partial charge in [0, 0.05) is 0 Å². The number of hydrogen-bond acceptors (Lipinski definition) is 6. The van der Waals surface area contributed by atoms with Crippen molar-refractivity contribution in [2.75, 3.05) is 6.54 Å². The molecule has 11 heteroatoms. The molecule has 1 aliphatic rings. The number of benzene rings is 1. The molecule has 0 unspecified atom stereocenters. The molecule has 0 saturated carbocycles. The van der Waals surface area contributed by atoms with E-state index in [0.29, 0.717) is 5.56 Å². The Balaban J connectivity index is 1.81. The van der Waals surface area contributed by atoms with Gasteiger partial charge in [0.15, 0.2) is 0 Å². The molecule has 0 saturated heterocycles. The maximum absolute atomic E-state index is 13.0. The maximum atomic E-state index is 13.0. The number of aromatic hydroxyl groups is 1. The average molecular weight is 478 g/mol. The van der Waals surface area contributed by atoms with Gasteiger partial charge in [-0.05, 0) is 12.1 Å². The predicted molar refractivity (Wildman–Crippen MR) is 106 cm³/mol. The second kappa shape index (κ2) is 8.79. The second-order valence-electron chi connectivity index (χ2n) is 6.92. The number of aromatic nitrogens is 2. The Morgan fingerprint density at radius 2 is 1.87 bits per heavy atom. The van der Waals surface area contributed by atoms with Crippen LogP contribution in [0.3, 0.4) is 0 Å². The number of fused-ring (bicyclic) bond motifs is 1. The first-order valence-electron chi connectivity index (χ1n) is 9.05. The van der Waals surface area contributed by atoms with Gasteiger partial charge < -0.3 is 0 Å². The van der Waals surface area contributed by atoms with E-state index in [-0.39, 0.29) is 32.0 Å². The van der Waals surface area contributed by atoms with Crippen LogP contribution in [-0.4, -0.2) is 57.1 Å². The molecule has 2 aromatic rings. The van der Waals surface area contributed by atoms with Crippen molar-refractivity contribution < 1.29 is 23.9 Å². The number of carbonyl (C=O) groups excluding carboxylic acids is 3. The van der Waals surface area contributed by atoms with Gasteiger partial charge >= 0.3 is 153 Å². The molecular formula is C19H20AsFN4O5. The zero-order chi connectivity index (χ0) is 22.0. The molecule has 3 rings (SSSR count). The van der Waals surface area contributed by atoms with Crippen LogP contribution in [0.15, 0.2) is 29.1 Å². The summed E-state index contributed by atoms with van der Waals surface area (Å²) < 4.78 is 13.8. The van der Waals surface area contributed by atoms with E-state index in [1.165, 1.54) is 33.7 Å². The Kier molecular flexibility index (Phi) is 6.36. The molecule has 2 heterocycles. The van der Waals surface area contributed by atoms with Crippen LogP contribution in [0.25, 0.3) is 0 Å². The van der Waals surface area contributed by atoms with Gasteiger partial charge in [-0.1, -0.05) is 0 Å². The van der Waals surface area contributed by atoms with Gasteiger partial charge in [-0.2, -0.15) is 0 Å². The number of halogens is 1. The van der Waals surface area contributed by atoms with Crippen LogP contribution in [0.5, 0.6) is 5.75 Å². The molecule has 9 nitrogen and oxygen atoms in total. The van der Waals surface area contributed by atoms with E-state index in [1.54, 1.807) is 11.4 Å². The zero-order valence-electron chi connectivity index (χ0n) is 16.4. The van der Waals surface area contributed by atoms with Crippen LogP contribution in [0.4, 0.5) is 4.39 Å². The van der Waals surface area contributed by atoms with Crippen LogP contribution in [0.2, 0.25) is 11.4 Å². The van der Waals surface area contributed by atoms with E-state index in [9.17, 15) is 28.7 Å². The third kappa shape index (κ3) is 4.43. The fourth-order valence-electron chi connectivity index (χ4n) is 2.94. The van der Waals surface area contributed by atoms with Crippen LogP contribution in [0, 0.1) is 5.82 Å². The van der Waals surface area contributed by atoms with Gasteiger partial charge in [-0.3, -0.25) is 0 Å². The molecule has 30 heavy (non-hydrogen) atoms. The van der Waals surface area contributed by atoms with Gasteiger partial charge in [-0.25, -0.2) is 4.39 Å². The first-order valence-corrected chi connectivity index (χ1v) is 13.7. The molecule has 0 fully saturated rings. The molecular weight excluding hydrogens is 458 g/mol. The Morgan fingerprint density at radius 3 is 2.50 bits per heavy atom. The number of carbonyl (C=O) groups is 3. The van der Waals surface area contributed by atoms with Crippen molar-refractivity contribution in [1.29, 1.82) is 0 Å². The van der Waals surface area contributed by atoms with Crippen molar-refractivity contribution in [2.24, 2.45) is 0 Å². The summed E-state index contributed by atoms with van der Waals surface area (Å²) in [5.74, 6) is -2.49. The van der Waals surface area contributed by atoms with Crippen molar-refractivity contribution in [3.8, 4) is 5.75 Å². The number of nitrogens with one attached hydrogen (secondary N) is 1. The first-order chi connectivity index (χ1) is 14.2. The normalized spacial score (nSPS) is 13.1. The summed E-state index contributed by atoms with van der Waals surface area (Å²) in [6.45, 7) is 0.125. The van der Waals surface area contributed by atoms with Crippen molar-refractivity contribution in [1.82, 2.24) is 19.8 Å². The molecule has 0 aliphatic carbocycles. The Bertz CT molecular complexity index is 1070. The van der Waals surface area contributed by atoms with E-state index < -0.39 is 53.9 Å².